The Kier molecular flexibility index (Phi) is 4.57. The normalized spacial score (nSPS) is 16.7. The van der Waals surface area contributed by atoms with Gasteiger partial charge in [0.1, 0.15) is 6.54 Å². The molecule has 3 N–H and O–H groups in total. The molecular formula is C9H16N2O4S. The Morgan fingerprint density at radius 2 is 2.19 bits per heavy atom. The average Bonchev–Trinajstić information content (AvgIpc) is 2.64. The van der Waals surface area contributed by atoms with Crippen molar-refractivity contribution in [2.24, 2.45) is 0 Å². The molecule has 0 aliphatic carbocycles. The predicted molar refractivity (Wildman–Crippen MR) is 59.8 cm³/mol. The molecule has 0 aromatic heterocycles. The molecule has 2 amide bonds. The molecule has 1 fully saturated rings. The third-order valence-electron chi connectivity index (χ3n) is 2.30. The minimum absolute atomic E-state index is 0.0264. The van der Waals surface area contributed by atoms with Crippen molar-refractivity contribution in [2.75, 3.05) is 31.4 Å². The number of aliphatic hydroxyl groups excluding tert-OH is 2. The molecule has 0 atom stereocenters. The molecular weight excluding hydrogens is 232 g/mol. The molecule has 6 nitrogen and oxygen atoms in total. The van der Waals surface area contributed by atoms with Crippen molar-refractivity contribution in [1.29, 1.82) is 0 Å². The standard InChI is InChI=1S/C9H16N2O4S/c1-9(4-12,5-13)10-7(14)2-11-6-16-3-8(11)15/h12-13H,2-6H2,1H3,(H,10,14). The zero-order valence-corrected chi connectivity index (χ0v) is 9.92. The molecule has 1 aliphatic rings. The summed E-state index contributed by atoms with van der Waals surface area (Å²) in [6.45, 7) is 0.808. The molecule has 0 saturated carbocycles. The maximum atomic E-state index is 11.5. The second-order valence-electron chi connectivity index (χ2n) is 3.99. The summed E-state index contributed by atoms with van der Waals surface area (Å²) in [4.78, 5) is 24.2. The summed E-state index contributed by atoms with van der Waals surface area (Å²) in [5, 5.41) is 20.5. The van der Waals surface area contributed by atoms with Crippen LogP contribution in [0.4, 0.5) is 0 Å². The maximum absolute atomic E-state index is 11.5. The second-order valence-corrected chi connectivity index (χ2v) is 4.95. The monoisotopic (exact) mass is 248 g/mol. The number of carbonyl (C=O) groups is 2. The molecule has 16 heavy (non-hydrogen) atoms. The Morgan fingerprint density at radius 3 is 2.62 bits per heavy atom. The lowest BCUT2D eigenvalue weighted by Gasteiger charge is -2.27. The third-order valence-corrected chi connectivity index (χ3v) is 3.24. The highest BCUT2D eigenvalue weighted by Crippen LogP contribution is 2.14. The van der Waals surface area contributed by atoms with Crippen LogP contribution in [-0.2, 0) is 9.59 Å². The summed E-state index contributed by atoms with van der Waals surface area (Å²) in [7, 11) is 0. The van der Waals surface area contributed by atoms with Gasteiger partial charge in [-0.3, -0.25) is 9.59 Å². The van der Waals surface area contributed by atoms with Crippen molar-refractivity contribution in [1.82, 2.24) is 10.2 Å². The van der Waals surface area contributed by atoms with Crippen LogP contribution in [0.25, 0.3) is 0 Å². The molecule has 7 heteroatoms. The largest absolute Gasteiger partial charge is 0.394 e. The number of aliphatic hydroxyl groups is 2. The molecule has 0 bridgehead atoms. The number of carbonyl (C=O) groups excluding carboxylic acids is 2. The van der Waals surface area contributed by atoms with E-state index in [0.717, 1.165) is 0 Å². The third kappa shape index (κ3) is 3.36. The van der Waals surface area contributed by atoms with Gasteiger partial charge in [-0.25, -0.2) is 0 Å². The van der Waals surface area contributed by atoms with E-state index < -0.39 is 5.54 Å². The lowest BCUT2D eigenvalue weighted by Crippen LogP contribution is -2.54. The van der Waals surface area contributed by atoms with Crippen LogP contribution in [0, 0.1) is 0 Å². The van der Waals surface area contributed by atoms with Crippen LogP contribution in [0.5, 0.6) is 0 Å². The van der Waals surface area contributed by atoms with Crippen LogP contribution in [-0.4, -0.2) is 63.9 Å². The van der Waals surface area contributed by atoms with Gasteiger partial charge in [-0.1, -0.05) is 0 Å². The minimum atomic E-state index is -1.03. The van der Waals surface area contributed by atoms with E-state index in [4.69, 9.17) is 10.2 Å². The van der Waals surface area contributed by atoms with E-state index in [2.05, 4.69) is 5.32 Å². The zero-order chi connectivity index (χ0) is 12.2. The fourth-order valence-corrected chi connectivity index (χ4v) is 2.12. The Hall–Kier alpha value is -0.790. The van der Waals surface area contributed by atoms with E-state index in [9.17, 15) is 9.59 Å². The van der Waals surface area contributed by atoms with Gasteiger partial charge >= 0.3 is 0 Å². The van der Waals surface area contributed by atoms with E-state index in [-0.39, 0.29) is 31.6 Å². The molecule has 0 spiro atoms. The minimum Gasteiger partial charge on any atom is -0.394 e. The molecule has 1 rings (SSSR count). The van der Waals surface area contributed by atoms with Crippen molar-refractivity contribution in [2.45, 2.75) is 12.5 Å². The van der Waals surface area contributed by atoms with Gasteiger partial charge in [0.15, 0.2) is 0 Å². The van der Waals surface area contributed by atoms with Crippen LogP contribution in [0.15, 0.2) is 0 Å². The molecule has 0 aromatic rings. The maximum Gasteiger partial charge on any atom is 0.240 e. The van der Waals surface area contributed by atoms with Gasteiger partial charge in [-0.2, -0.15) is 0 Å². The summed E-state index contributed by atoms with van der Waals surface area (Å²) < 4.78 is 0. The molecule has 1 aliphatic heterocycles. The summed E-state index contributed by atoms with van der Waals surface area (Å²) >= 11 is 1.46. The molecule has 0 unspecified atom stereocenters. The quantitative estimate of drug-likeness (QED) is 0.544. The number of amides is 2. The summed E-state index contributed by atoms with van der Waals surface area (Å²) in [5.41, 5.74) is -1.03. The first-order chi connectivity index (χ1) is 7.50. The van der Waals surface area contributed by atoms with Gasteiger partial charge in [0.25, 0.3) is 0 Å². The topological polar surface area (TPSA) is 89.9 Å². The van der Waals surface area contributed by atoms with Gasteiger partial charge in [0.05, 0.1) is 30.4 Å². The molecule has 92 valence electrons. The van der Waals surface area contributed by atoms with Crippen LogP contribution in [0.1, 0.15) is 6.92 Å². The first-order valence-corrected chi connectivity index (χ1v) is 6.04. The highest BCUT2D eigenvalue weighted by Gasteiger charge is 2.28. The van der Waals surface area contributed by atoms with E-state index >= 15 is 0 Å². The Labute approximate surface area is 98.0 Å². The van der Waals surface area contributed by atoms with Crippen molar-refractivity contribution in [3.05, 3.63) is 0 Å². The smallest absolute Gasteiger partial charge is 0.240 e. The van der Waals surface area contributed by atoms with Gasteiger partial charge in [0.2, 0.25) is 11.8 Å². The Balaban J connectivity index is 2.43. The second kappa shape index (κ2) is 5.51. The van der Waals surface area contributed by atoms with Crippen molar-refractivity contribution >= 4 is 23.6 Å². The van der Waals surface area contributed by atoms with Crippen LogP contribution in [0.2, 0.25) is 0 Å². The molecule has 0 radical (unpaired) electrons. The lowest BCUT2D eigenvalue weighted by atomic mass is 10.1. The summed E-state index contributed by atoms with van der Waals surface area (Å²) in [6.07, 6.45) is 0. The van der Waals surface area contributed by atoms with Crippen molar-refractivity contribution < 1.29 is 19.8 Å². The highest BCUT2D eigenvalue weighted by atomic mass is 32.2. The fourth-order valence-electron chi connectivity index (χ4n) is 1.22. The number of rotatable bonds is 5. The Bertz CT molecular complexity index is 281. The van der Waals surface area contributed by atoms with Gasteiger partial charge < -0.3 is 20.4 Å². The van der Waals surface area contributed by atoms with Crippen molar-refractivity contribution in [3.63, 3.8) is 0 Å². The molecule has 0 aromatic carbocycles. The summed E-state index contributed by atoms with van der Waals surface area (Å²) in [5.74, 6) is 0.488. The van der Waals surface area contributed by atoms with Gasteiger partial charge in [0, 0.05) is 0 Å². The molecule has 1 heterocycles. The number of hydrogen-bond acceptors (Lipinski definition) is 5. The van der Waals surface area contributed by atoms with Crippen LogP contribution < -0.4 is 5.32 Å². The van der Waals surface area contributed by atoms with E-state index in [0.29, 0.717) is 11.6 Å². The summed E-state index contributed by atoms with van der Waals surface area (Å²) in [6, 6.07) is 0. The first-order valence-electron chi connectivity index (χ1n) is 4.89. The van der Waals surface area contributed by atoms with Crippen LogP contribution >= 0.6 is 11.8 Å². The number of nitrogens with one attached hydrogen (secondary N) is 1. The Morgan fingerprint density at radius 1 is 1.56 bits per heavy atom. The van der Waals surface area contributed by atoms with Crippen molar-refractivity contribution in [3.8, 4) is 0 Å². The fraction of sp³-hybridized carbons (Fsp3) is 0.778. The van der Waals surface area contributed by atoms with Gasteiger partial charge in [-0.05, 0) is 6.92 Å². The highest BCUT2D eigenvalue weighted by molar-refractivity contribution is 8.00. The van der Waals surface area contributed by atoms with E-state index in [1.807, 2.05) is 0 Å². The van der Waals surface area contributed by atoms with Gasteiger partial charge in [-0.15, -0.1) is 11.8 Å². The first kappa shape index (κ1) is 13.3. The predicted octanol–water partition coefficient (Wildman–Crippen LogP) is -1.62. The number of nitrogens with zero attached hydrogens (tertiary/aromatic N) is 1. The SMILES string of the molecule is CC(CO)(CO)NC(=O)CN1CSCC1=O. The zero-order valence-electron chi connectivity index (χ0n) is 9.10. The number of hydrogen-bond donors (Lipinski definition) is 3. The molecule has 1 saturated heterocycles. The van der Waals surface area contributed by atoms with E-state index in [1.54, 1.807) is 0 Å². The van der Waals surface area contributed by atoms with Crippen LogP contribution in [0.3, 0.4) is 0 Å². The van der Waals surface area contributed by atoms with E-state index in [1.165, 1.54) is 23.6 Å². The average molecular weight is 248 g/mol. The lowest BCUT2D eigenvalue weighted by molar-refractivity contribution is -0.133. The number of thioether (sulfide) groups is 1.